The highest BCUT2D eigenvalue weighted by molar-refractivity contribution is 5.84. The first-order valence-electron chi connectivity index (χ1n) is 7.79. The Hall–Kier alpha value is -1.61. The Balaban J connectivity index is 2.17. The van der Waals surface area contributed by atoms with Crippen LogP contribution in [-0.2, 0) is 0 Å². The molecule has 2 rings (SSSR count). The van der Waals surface area contributed by atoms with Gasteiger partial charge < -0.3 is 10.2 Å². The molecule has 0 aliphatic carbocycles. The number of aromatic nitrogens is 1. The Bertz CT molecular complexity index is 605. The van der Waals surface area contributed by atoms with E-state index in [1.165, 1.54) is 29.4 Å². The zero-order chi connectivity index (χ0) is 15.4. The number of anilines is 1. The fourth-order valence-corrected chi connectivity index (χ4v) is 2.70. The summed E-state index contributed by atoms with van der Waals surface area (Å²) in [5.74, 6) is 0.979. The molecule has 1 aromatic carbocycles. The number of pyridine rings is 1. The van der Waals surface area contributed by atoms with Crippen LogP contribution in [0, 0.1) is 13.8 Å². The summed E-state index contributed by atoms with van der Waals surface area (Å²) in [6, 6.07) is 9.14. The molecule has 0 saturated carbocycles. The van der Waals surface area contributed by atoms with Gasteiger partial charge in [-0.2, -0.15) is 0 Å². The fraction of sp³-hybridized carbons (Fsp3) is 0.500. The van der Waals surface area contributed by atoms with Gasteiger partial charge in [-0.05, 0) is 58.1 Å². The van der Waals surface area contributed by atoms with E-state index in [4.69, 9.17) is 4.98 Å². The van der Waals surface area contributed by atoms with Crippen LogP contribution in [0.15, 0.2) is 24.3 Å². The lowest BCUT2D eigenvalue weighted by atomic mass is 10.1. The van der Waals surface area contributed by atoms with Crippen molar-refractivity contribution in [3.05, 3.63) is 35.4 Å². The summed E-state index contributed by atoms with van der Waals surface area (Å²) in [5.41, 5.74) is 3.63. The second-order valence-electron chi connectivity index (χ2n) is 6.13. The topological polar surface area (TPSA) is 28.2 Å². The Morgan fingerprint density at radius 1 is 1.19 bits per heavy atom. The highest BCUT2D eigenvalue weighted by atomic mass is 15.1. The van der Waals surface area contributed by atoms with Gasteiger partial charge >= 0.3 is 0 Å². The van der Waals surface area contributed by atoms with Crippen molar-refractivity contribution in [3.8, 4) is 0 Å². The quantitative estimate of drug-likeness (QED) is 0.869. The predicted octanol–water partition coefficient (Wildman–Crippen LogP) is 3.99. The minimum Gasteiger partial charge on any atom is -0.368 e. The third-order valence-corrected chi connectivity index (χ3v) is 4.04. The van der Waals surface area contributed by atoms with Crippen molar-refractivity contribution in [2.75, 3.05) is 26.0 Å². The van der Waals surface area contributed by atoms with Gasteiger partial charge in [0.15, 0.2) is 0 Å². The Kier molecular flexibility index (Phi) is 5.18. The van der Waals surface area contributed by atoms with Gasteiger partial charge in [0, 0.05) is 18.0 Å². The number of fused-ring (bicyclic) bond motifs is 1. The molecule has 21 heavy (non-hydrogen) atoms. The van der Waals surface area contributed by atoms with Gasteiger partial charge in [-0.25, -0.2) is 4.98 Å². The van der Waals surface area contributed by atoms with E-state index in [-0.39, 0.29) is 0 Å². The summed E-state index contributed by atoms with van der Waals surface area (Å²) >= 11 is 0. The largest absolute Gasteiger partial charge is 0.368 e. The first kappa shape index (κ1) is 15.8. The molecule has 1 unspecified atom stereocenters. The van der Waals surface area contributed by atoms with Crippen LogP contribution < -0.4 is 5.32 Å². The number of nitrogens with one attached hydrogen (secondary N) is 1. The Morgan fingerprint density at radius 2 is 1.95 bits per heavy atom. The molecule has 3 nitrogen and oxygen atoms in total. The van der Waals surface area contributed by atoms with E-state index >= 15 is 0 Å². The van der Waals surface area contributed by atoms with Crippen LogP contribution in [0.2, 0.25) is 0 Å². The number of benzene rings is 1. The molecular weight excluding hydrogens is 258 g/mol. The highest BCUT2D eigenvalue weighted by Crippen LogP contribution is 2.21. The van der Waals surface area contributed by atoms with Crippen molar-refractivity contribution in [2.24, 2.45) is 0 Å². The standard InChI is InChI=1S/C18H27N3/c1-6-7-15(21(4)5)12-19-18-11-14(3)16-10-13(2)8-9-17(16)20-18/h8-11,15H,6-7,12H2,1-5H3,(H,19,20). The van der Waals surface area contributed by atoms with E-state index in [9.17, 15) is 0 Å². The van der Waals surface area contributed by atoms with E-state index in [1.807, 2.05) is 0 Å². The molecule has 0 saturated heterocycles. The lowest BCUT2D eigenvalue weighted by Crippen LogP contribution is -2.34. The minimum atomic E-state index is 0.547. The lowest BCUT2D eigenvalue weighted by Gasteiger charge is -2.24. The fourth-order valence-electron chi connectivity index (χ4n) is 2.70. The number of hydrogen-bond acceptors (Lipinski definition) is 3. The van der Waals surface area contributed by atoms with Crippen LogP contribution in [0.5, 0.6) is 0 Å². The zero-order valence-corrected chi connectivity index (χ0v) is 13.9. The molecule has 0 amide bonds. The summed E-state index contributed by atoms with van der Waals surface area (Å²) in [5, 5.41) is 4.75. The number of aryl methyl sites for hydroxylation is 2. The summed E-state index contributed by atoms with van der Waals surface area (Å²) < 4.78 is 0. The van der Waals surface area contributed by atoms with Crippen molar-refractivity contribution in [1.82, 2.24) is 9.88 Å². The smallest absolute Gasteiger partial charge is 0.126 e. The van der Waals surface area contributed by atoms with E-state index in [0.717, 1.165) is 17.9 Å². The molecule has 0 fully saturated rings. The number of hydrogen-bond donors (Lipinski definition) is 1. The van der Waals surface area contributed by atoms with E-state index < -0.39 is 0 Å². The molecule has 0 aliphatic heterocycles. The molecule has 0 radical (unpaired) electrons. The lowest BCUT2D eigenvalue weighted by molar-refractivity contribution is 0.288. The molecule has 0 aliphatic rings. The second kappa shape index (κ2) is 6.90. The maximum absolute atomic E-state index is 4.74. The van der Waals surface area contributed by atoms with Crippen molar-refractivity contribution in [3.63, 3.8) is 0 Å². The summed E-state index contributed by atoms with van der Waals surface area (Å²) in [4.78, 5) is 7.02. The highest BCUT2D eigenvalue weighted by Gasteiger charge is 2.10. The van der Waals surface area contributed by atoms with Crippen LogP contribution in [0.1, 0.15) is 30.9 Å². The molecular formula is C18H27N3. The van der Waals surface area contributed by atoms with Gasteiger partial charge in [0.2, 0.25) is 0 Å². The average Bonchev–Trinajstić information content (AvgIpc) is 2.44. The summed E-state index contributed by atoms with van der Waals surface area (Å²) in [6.07, 6.45) is 2.40. The summed E-state index contributed by atoms with van der Waals surface area (Å²) in [6.45, 7) is 7.45. The maximum atomic E-state index is 4.74. The van der Waals surface area contributed by atoms with Crippen LogP contribution >= 0.6 is 0 Å². The van der Waals surface area contributed by atoms with Gasteiger partial charge in [-0.15, -0.1) is 0 Å². The Morgan fingerprint density at radius 3 is 2.62 bits per heavy atom. The third-order valence-electron chi connectivity index (χ3n) is 4.04. The first-order chi connectivity index (χ1) is 10.0. The SMILES string of the molecule is CCCC(CNc1cc(C)c2cc(C)ccc2n1)N(C)C. The van der Waals surface area contributed by atoms with Crippen LogP contribution in [0.3, 0.4) is 0 Å². The monoisotopic (exact) mass is 285 g/mol. The molecule has 3 heteroatoms. The average molecular weight is 285 g/mol. The first-order valence-corrected chi connectivity index (χ1v) is 7.79. The zero-order valence-electron chi connectivity index (χ0n) is 13.9. The van der Waals surface area contributed by atoms with E-state index in [0.29, 0.717) is 6.04 Å². The van der Waals surface area contributed by atoms with Crippen molar-refractivity contribution in [1.29, 1.82) is 0 Å². The molecule has 2 aromatic rings. The van der Waals surface area contributed by atoms with Crippen LogP contribution in [-0.4, -0.2) is 36.6 Å². The molecule has 1 atom stereocenters. The molecule has 1 N–H and O–H groups in total. The van der Waals surface area contributed by atoms with Crippen LogP contribution in [0.25, 0.3) is 10.9 Å². The maximum Gasteiger partial charge on any atom is 0.126 e. The van der Waals surface area contributed by atoms with E-state index in [2.05, 4.69) is 69.3 Å². The van der Waals surface area contributed by atoms with Crippen molar-refractivity contribution < 1.29 is 0 Å². The number of nitrogens with zero attached hydrogens (tertiary/aromatic N) is 2. The normalized spacial score (nSPS) is 12.9. The number of rotatable bonds is 6. The predicted molar refractivity (Wildman–Crippen MR) is 92.1 cm³/mol. The second-order valence-corrected chi connectivity index (χ2v) is 6.13. The van der Waals surface area contributed by atoms with E-state index in [1.54, 1.807) is 0 Å². The minimum absolute atomic E-state index is 0.547. The van der Waals surface area contributed by atoms with Gasteiger partial charge in [-0.3, -0.25) is 0 Å². The molecule has 0 spiro atoms. The van der Waals surface area contributed by atoms with Crippen LogP contribution in [0.4, 0.5) is 5.82 Å². The van der Waals surface area contributed by atoms with Crippen molar-refractivity contribution >= 4 is 16.7 Å². The summed E-state index contributed by atoms with van der Waals surface area (Å²) in [7, 11) is 4.29. The van der Waals surface area contributed by atoms with Gasteiger partial charge in [0.1, 0.15) is 5.82 Å². The third kappa shape index (κ3) is 3.94. The van der Waals surface area contributed by atoms with Crippen molar-refractivity contribution in [2.45, 2.75) is 39.7 Å². The Labute approximate surface area is 128 Å². The molecule has 0 bridgehead atoms. The van der Waals surface area contributed by atoms with Gasteiger partial charge in [0.05, 0.1) is 5.52 Å². The molecule has 1 heterocycles. The van der Waals surface area contributed by atoms with Gasteiger partial charge in [0.25, 0.3) is 0 Å². The molecule has 1 aromatic heterocycles. The molecule has 114 valence electrons. The van der Waals surface area contributed by atoms with Gasteiger partial charge in [-0.1, -0.05) is 25.0 Å². The number of likely N-dealkylation sites (N-methyl/N-ethyl adjacent to an activating group) is 1.